The quantitative estimate of drug-likeness (QED) is 0.122. The molecule has 0 atom stereocenters. The van der Waals surface area contributed by atoms with Crippen molar-refractivity contribution in [3.8, 4) is 0 Å². The zero-order valence-electron chi connectivity index (χ0n) is 21.4. The number of quaternary nitrogens is 1. The minimum atomic E-state index is -2.61. The Morgan fingerprint density at radius 2 is 0.909 bits per heavy atom. The van der Waals surface area contributed by atoms with Crippen LogP contribution in [0.4, 0.5) is 0 Å². The van der Waals surface area contributed by atoms with Crippen LogP contribution in [0.15, 0.2) is 24.3 Å². The van der Waals surface area contributed by atoms with Gasteiger partial charge in [0.05, 0.1) is 14.1 Å². The summed E-state index contributed by atoms with van der Waals surface area (Å²) in [6.45, 7) is 3.45. The average Bonchev–Trinajstić information content (AvgIpc) is 2.73. The molecule has 33 heavy (non-hydrogen) atoms. The van der Waals surface area contributed by atoms with Crippen LogP contribution in [0.1, 0.15) is 121 Å². The van der Waals surface area contributed by atoms with Crippen LogP contribution >= 0.6 is 40.4 Å². The van der Waals surface area contributed by atoms with Crippen molar-refractivity contribution < 1.29 is 14.1 Å². The second-order valence-electron chi connectivity index (χ2n) is 9.51. The average molecular weight is 586 g/mol. The van der Waals surface area contributed by atoms with Gasteiger partial charge in [-0.2, -0.15) is 0 Å². The molecule has 1 nitrogen and oxygen atoms in total. The van der Waals surface area contributed by atoms with Crippen LogP contribution in [-0.2, 0) is 22.2 Å². The number of rotatable bonds is 19. The van der Waals surface area contributed by atoms with Crippen LogP contribution in [0.5, 0.6) is 0 Å². The molecule has 1 N–H and O–H groups in total. The Morgan fingerprint density at radius 1 is 0.576 bits per heavy atom. The van der Waals surface area contributed by atoms with E-state index in [9.17, 15) is 0 Å². The van der Waals surface area contributed by atoms with E-state index in [-0.39, 0.29) is 0 Å². The molecule has 6 heteroatoms. The van der Waals surface area contributed by atoms with Gasteiger partial charge in [0.1, 0.15) is 6.54 Å². The molecule has 0 fully saturated rings. The first-order chi connectivity index (χ1) is 15.7. The standard InChI is InChI=1S/C27H49N.4ClH.Fe/c1-4-5-6-7-8-9-10-11-12-13-14-15-16-17-18-19-22-26-23-20-21-24-27(26)25-28(2)3;;;;;/h20-21,23-24H,4-19,22,25H2,1-3H3;4*1H;/q;;;;;+3/p-3. The Morgan fingerprint density at radius 3 is 1.27 bits per heavy atom. The van der Waals surface area contributed by atoms with E-state index in [1.54, 1.807) is 11.1 Å². The summed E-state index contributed by atoms with van der Waals surface area (Å²) >= 11 is 0. The first-order valence-corrected chi connectivity index (χ1v) is 19.2. The van der Waals surface area contributed by atoms with Crippen LogP contribution in [0.25, 0.3) is 0 Å². The summed E-state index contributed by atoms with van der Waals surface area (Å²) in [5.74, 6) is 0. The first-order valence-electron chi connectivity index (χ1n) is 13.1. The number of hydrogen-bond acceptors (Lipinski definition) is 0. The van der Waals surface area contributed by atoms with Crippen LogP contribution < -0.4 is 4.90 Å². The normalized spacial score (nSPS) is 12.0. The number of benzene rings is 1. The molecular weight excluding hydrogens is 536 g/mol. The molecule has 0 aliphatic carbocycles. The summed E-state index contributed by atoms with van der Waals surface area (Å²) in [7, 11) is 21.7. The third kappa shape index (κ3) is 27.3. The molecule has 0 spiro atoms. The summed E-state index contributed by atoms with van der Waals surface area (Å²) in [6, 6.07) is 9.05. The second kappa shape index (κ2) is 23.3. The van der Waals surface area contributed by atoms with Crippen LogP contribution in [0.2, 0.25) is 0 Å². The van der Waals surface area contributed by atoms with Gasteiger partial charge in [-0.15, -0.1) is 0 Å². The predicted molar refractivity (Wildman–Crippen MR) is 150 cm³/mol. The molecule has 0 saturated carbocycles. The van der Waals surface area contributed by atoms with E-state index in [1.807, 2.05) is 0 Å². The van der Waals surface area contributed by atoms with Crippen molar-refractivity contribution in [1.29, 1.82) is 0 Å². The molecule has 1 aromatic rings. The van der Waals surface area contributed by atoms with Crippen molar-refractivity contribution in [2.75, 3.05) is 14.1 Å². The maximum atomic E-state index is 4.95. The molecular formula is C27H50Cl4FeN. The van der Waals surface area contributed by atoms with Gasteiger partial charge in [0.15, 0.2) is 0 Å². The van der Waals surface area contributed by atoms with Gasteiger partial charge in [-0.25, -0.2) is 0 Å². The van der Waals surface area contributed by atoms with Gasteiger partial charge in [-0.1, -0.05) is 128 Å². The van der Waals surface area contributed by atoms with Gasteiger partial charge < -0.3 is 4.90 Å². The number of aryl methyl sites for hydroxylation is 1. The zero-order chi connectivity index (χ0) is 24.8. The van der Waals surface area contributed by atoms with Crippen molar-refractivity contribution in [3.05, 3.63) is 35.4 Å². The van der Waals surface area contributed by atoms with E-state index in [0.717, 1.165) is 6.54 Å². The van der Waals surface area contributed by atoms with Crippen molar-refractivity contribution in [1.82, 2.24) is 0 Å². The fourth-order valence-corrected chi connectivity index (χ4v) is 4.22. The molecule has 0 heterocycles. The van der Waals surface area contributed by atoms with Crippen molar-refractivity contribution in [2.24, 2.45) is 0 Å². The van der Waals surface area contributed by atoms with E-state index in [1.165, 1.54) is 114 Å². The topological polar surface area (TPSA) is 4.44 Å². The number of unbranched alkanes of at least 4 members (excludes halogenated alkanes) is 15. The maximum absolute atomic E-state index is 4.95. The molecule has 0 saturated heterocycles. The Kier molecular flexibility index (Phi) is 23.9. The Hall–Kier alpha value is 0.859. The molecule has 0 unspecified atom stereocenters. The van der Waals surface area contributed by atoms with Gasteiger partial charge >= 0.3 is 49.6 Å². The fourth-order valence-electron chi connectivity index (χ4n) is 4.22. The number of halogens is 4. The molecule has 0 aliphatic rings. The van der Waals surface area contributed by atoms with E-state index >= 15 is 0 Å². The van der Waals surface area contributed by atoms with Crippen LogP contribution in [-0.4, -0.2) is 14.1 Å². The molecule has 1 aromatic carbocycles. The van der Waals surface area contributed by atoms with Gasteiger partial charge in [0.25, 0.3) is 0 Å². The van der Waals surface area contributed by atoms with Gasteiger partial charge in [0, 0.05) is 5.56 Å². The third-order valence-corrected chi connectivity index (χ3v) is 5.96. The summed E-state index contributed by atoms with van der Waals surface area (Å²) in [4.78, 5) is 1.51. The molecule has 0 bridgehead atoms. The molecule has 0 aromatic heterocycles. The van der Waals surface area contributed by atoms with Crippen LogP contribution in [0.3, 0.4) is 0 Å². The Labute approximate surface area is 225 Å². The van der Waals surface area contributed by atoms with Crippen molar-refractivity contribution >= 4 is 40.4 Å². The fraction of sp³-hybridized carbons (Fsp3) is 0.778. The summed E-state index contributed by atoms with van der Waals surface area (Å²) in [6.07, 6.45) is 24.4. The van der Waals surface area contributed by atoms with E-state index in [0.29, 0.717) is 0 Å². The zero-order valence-corrected chi connectivity index (χ0v) is 25.5. The van der Waals surface area contributed by atoms with Crippen molar-refractivity contribution in [3.63, 3.8) is 0 Å². The Bertz CT molecular complexity index is 543. The Balaban J connectivity index is 0.00000184. The summed E-state index contributed by atoms with van der Waals surface area (Å²) < 4.78 is 0. The number of hydrogen-bond donors (Lipinski definition) is 1. The minimum absolute atomic E-state index is 1.15. The second-order valence-corrected chi connectivity index (χ2v) is 20.5. The van der Waals surface area contributed by atoms with Gasteiger partial charge in [-0.3, -0.25) is 0 Å². The van der Waals surface area contributed by atoms with Gasteiger partial charge in [0.2, 0.25) is 0 Å². The molecule has 1 rings (SSSR count). The summed E-state index contributed by atoms with van der Waals surface area (Å²) in [5, 5.41) is 0. The summed E-state index contributed by atoms with van der Waals surface area (Å²) in [5.41, 5.74) is 3.12. The van der Waals surface area contributed by atoms with Crippen molar-refractivity contribution in [2.45, 2.75) is 123 Å². The van der Waals surface area contributed by atoms with Crippen LogP contribution in [0, 0.1) is 0 Å². The predicted octanol–water partition coefficient (Wildman–Crippen LogP) is 9.89. The van der Waals surface area contributed by atoms with E-state index < -0.39 is 9.20 Å². The molecule has 199 valence electrons. The molecule has 0 amide bonds. The monoisotopic (exact) mass is 584 g/mol. The molecule has 0 radical (unpaired) electrons. The molecule has 0 aliphatic heterocycles. The van der Waals surface area contributed by atoms with E-state index in [2.05, 4.69) is 45.3 Å². The third-order valence-electron chi connectivity index (χ3n) is 5.96. The number of nitrogens with one attached hydrogen (secondary N) is 1. The van der Waals surface area contributed by atoms with Gasteiger partial charge in [-0.05, 0) is 18.4 Å². The first kappa shape index (κ1) is 33.9. The van der Waals surface area contributed by atoms with E-state index in [4.69, 9.17) is 40.4 Å². The SMILES string of the molecule is CCCCCCCCCCCCCCCCCCc1ccccc1C[NH+](C)C.[Cl][Fe-]([Cl])([Cl])[Cl].